The lowest BCUT2D eigenvalue weighted by Crippen LogP contribution is -2.38. The number of nitrogens with one attached hydrogen (secondary N) is 2. The molecule has 5 heterocycles. The lowest BCUT2D eigenvalue weighted by atomic mass is 9.89. The molecule has 4 aromatic carbocycles. The van der Waals surface area contributed by atoms with Crippen molar-refractivity contribution in [3.8, 4) is 11.1 Å². The minimum atomic E-state index is -0.964. The highest BCUT2D eigenvalue weighted by molar-refractivity contribution is 6.34. The quantitative estimate of drug-likeness (QED) is 0.137. The van der Waals surface area contributed by atoms with Crippen LogP contribution in [0.3, 0.4) is 0 Å². The fraction of sp³-hybridized carbons (Fsp3) is 0.234. The molecule has 3 aliphatic heterocycles. The Morgan fingerprint density at radius 1 is 0.656 bits per heavy atom. The number of amides is 1. The first-order chi connectivity index (χ1) is 29.6. The van der Waals surface area contributed by atoms with E-state index in [0.29, 0.717) is 50.2 Å². The Morgan fingerprint density at radius 3 is 1.82 bits per heavy atom. The number of benzene rings is 4. The third-order valence-corrected chi connectivity index (χ3v) is 12.5. The van der Waals surface area contributed by atoms with E-state index in [-0.39, 0.29) is 11.5 Å². The zero-order valence-electron chi connectivity index (χ0n) is 33.1. The number of fused-ring (bicyclic) bond motifs is 2. The number of carboxylic acids is 1. The van der Waals surface area contributed by atoms with Crippen molar-refractivity contribution in [3.05, 3.63) is 163 Å². The van der Waals surface area contributed by atoms with Gasteiger partial charge in [-0.2, -0.15) is 0 Å². The Bertz CT molecular complexity index is 2550. The van der Waals surface area contributed by atoms with Gasteiger partial charge >= 0.3 is 5.97 Å². The predicted molar refractivity (Wildman–Crippen MR) is 247 cm³/mol. The number of nitrogens with zero attached hydrogens (tertiary/aromatic N) is 5. The number of pyridine rings is 2. The number of hydrogen-bond acceptors (Lipinski definition) is 8. The molecule has 6 aromatic rings. The number of halogens is 4. The standard InChI is InChI=1S/C26H26Cl2N4O.C21H17Cl2N3O2/c27-22-6-7-23(28)21(14-22)17-32-13-10-29-25-24(32)15-20(16-30-25)26(33)31-11-8-19(9-12-31)18-4-2-1-3-5-18;22-15-5-6-18(23)14(9-15)12-26-8-7-24-20-19(26)10-13(11-25-20)16-3-1-2-4-17(16)21(27)28/h1-7,14-16,19H,8-13,17H2,(H,29,30);1-6,9-11H,7-8,12H2,(H,24,25)(H,27,28). The molecular formula is C47H43Cl4N7O3. The van der Waals surface area contributed by atoms with Crippen LogP contribution in [0, 0.1) is 0 Å². The van der Waals surface area contributed by atoms with Crippen LogP contribution in [0.1, 0.15) is 56.2 Å². The van der Waals surface area contributed by atoms with Crippen molar-refractivity contribution >= 4 is 81.3 Å². The molecule has 0 radical (unpaired) electrons. The molecule has 14 heteroatoms. The highest BCUT2D eigenvalue weighted by atomic mass is 35.5. The molecule has 3 N–H and O–H groups in total. The largest absolute Gasteiger partial charge is 0.478 e. The van der Waals surface area contributed by atoms with E-state index in [1.54, 1.807) is 48.8 Å². The summed E-state index contributed by atoms with van der Waals surface area (Å²) < 4.78 is 0. The van der Waals surface area contributed by atoms with Crippen LogP contribution in [-0.4, -0.2) is 71.1 Å². The van der Waals surface area contributed by atoms with E-state index in [1.165, 1.54) is 5.56 Å². The van der Waals surface area contributed by atoms with Crippen LogP contribution in [0.25, 0.3) is 11.1 Å². The number of hydrogen-bond donors (Lipinski definition) is 3. The number of aromatic carboxylic acids is 1. The molecule has 3 aliphatic rings. The molecule has 10 nitrogen and oxygen atoms in total. The molecular weight excluding hydrogens is 852 g/mol. The third kappa shape index (κ3) is 9.84. The Hall–Kier alpha value is -5.52. The molecule has 2 aromatic heterocycles. The first-order valence-electron chi connectivity index (χ1n) is 20.1. The van der Waals surface area contributed by atoms with E-state index in [0.717, 1.165) is 91.8 Å². The summed E-state index contributed by atoms with van der Waals surface area (Å²) in [4.78, 5) is 40.3. The highest BCUT2D eigenvalue weighted by Crippen LogP contribution is 2.36. The molecule has 0 spiro atoms. The van der Waals surface area contributed by atoms with Gasteiger partial charge in [0.05, 0.1) is 22.5 Å². The molecule has 61 heavy (non-hydrogen) atoms. The fourth-order valence-corrected chi connectivity index (χ4v) is 8.84. The van der Waals surface area contributed by atoms with Gasteiger partial charge in [0.15, 0.2) is 0 Å². The van der Waals surface area contributed by atoms with Crippen molar-refractivity contribution in [2.45, 2.75) is 31.8 Å². The van der Waals surface area contributed by atoms with Crippen molar-refractivity contribution in [1.82, 2.24) is 14.9 Å². The van der Waals surface area contributed by atoms with E-state index in [9.17, 15) is 14.7 Å². The monoisotopic (exact) mass is 893 g/mol. The Labute approximate surface area is 375 Å². The first kappa shape index (κ1) is 42.2. The van der Waals surface area contributed by atoms with Crippen molar-refractivity contribution in [1.29, 1.82) is 0 Å². The number of carbonyl (C=O) groups is 2. The van der Waals surface area contributed by atoms with Crippen LogP contribution in [-0.2, 0) is 13.1 Å². The van der Waals surface area contributed by atoms with Crippen molar-refractivity contribution < 1.29 is 14.7 Å². The van der Waals surface area contributed by atoms with E-state index >= 15 is 0 Å². The highest BCUT2D eigenvalue weighted by Gasteiger charge is 2.27. The third-order valence-electron chi connectivity index (χ3n) is 11.3. The second-order valence-electron chi connectivity index (χ2n) is 15.2. The van der Waals surface area contributed by atoms with Gasteiger partial charge in [0.25, 0.3) is 5.91 Å². The van der Waals surface area contributed by atoms with Gasteiger partial charge in [-0.3, -0.25) is 4.79 Å². The van der Waals surface area contributed by atoms with Crippen LogP contribution < -0.4 is 20.4 Å². The summed E-state index contributed by atoms with van der Waals surface area (Å²) in [7, 11) is 0. The Balaban J connectivity index is 0.000000171. The summed E-state index contributed by atoms with van der Waals surface area (Å²) in [5.41, 5.74) is 7.33. The van der Waals surface area contributed by atoms with Crippen molar-refractivity contribution in [2.75, 3.05) is 59.7 Å². The lowest BCUT2D eigenvalue weighted by molar-refractivity contribution is 0.0693. The van der Waals surface area contributed by atoms with Crippen molar-refractivity contribution in [2.24, 2.45) is 0 Å². The molecule has 0 unspecified atom stereocenters. The van der Waals surface area contributed by atoms with Gasteiger partial charge in [-0.15, -0.1) is 0 Å². The number of carbonyl (C=O) groups excluding carboxylic acids is 1. The topological polar surface area (TPSA) is 114 Å². The summed E-state index contributed by atoms with van der Waals surface area (Å²) in [6, 6.07) is 32.4. The Morgan fingerprint density at radius 2 is 1.21 bits per heavy atom. The fourth-order valence-electron chi connectivity index (χ4n) is 8.10. The lowest BCUT2D eigenvalue weighted by Gasteiger charge is -2.34. The summed E-state index contributed by atoms with van der Waals surface area (Å²) in [5.74, 6) is 1.15. The van der Waals surface area contributed by atoms with Gasteiger partial charge < -0.3 is 30.4 Å². The molecule has 1 saturated heterocycles. The number of likely N-dealkylation sites (tertiary alicyclic amines) is 1. The second kappa shape index (κ2) is 19.0. The average molecular weight is 896 g/mol. The molecule has 1 amide bonds. The average Bonchev–Trinajstić information content (AvgIpc) is 3.29. The maximum atomic E-state index is 13.3. The number of aromatic nitrogens is 2. The van der Waals surface area contributed by atoms with Crippen molar-refractivity contribution in [3.63, 3.8) is 0 Å². The normalized spacial score (nSPS) is 14.8. The molecule has 312 valence electrons. The van der Waals surface area contributed by atoms with Gasteiger partial charge in [0.1, 0.15) is 11.6 Å². The number of piperidine rings is 1. The number of anilines is 4. The van der Waals surface area contributed by atoms with Gasteiger partial charge in [0.2, 0.25) is 0 Å². The predicted octanol–water partition coefficient (Wildman–Crippen LogP) is 11.0. The summed E-state index contributed by atoms with van der Waals surface area (Å²) >= 11 is 25.1. The summed E-state index contributed by atoms with van der Waals surface area (Å²) in [6.07, 6.45) is 5.35. The molecule has 0 atom stereocenters. The zero-order chi connectivity index (χ0) is 42.5. The van der Waals surface area contributed by atoms with Crippen LogP contribution in [0.5, 0.6) is 0 Å². The zero-order valence-corrected chi connectivity index (χ0v) is 36.2. The van der Waals surface area contributed by atoms with Crippen LogP contribution in [0.4, 0.5) is 23.0 Å². The van der Waals surface area contributed by atoms with E-state index in [4.69, 9.17) is 46.4 Å². The van der Waals surface area contributed by atoms with Crippen LogP contribution >= 0.6 is 46.4 Å². The minimum absolute atomic E-state index is 0.0446. The van der Waals surface area contributed by atoms with Gasteiger partial charge in [0, 0.05) is 90.4 Å². The Kier molecular flexibility index (Phi) is 13.2. The van der Waals surface area contributed by atoms with Crippen LogP contribution in [0.2, 0.25) is 20.1 Å². The van der Waals surface area contributed by atoms with Gasteiger partial charge in [-0.1, -0.05) is 94.9 Å². The number of carboxylic acid groups (broad SMARTS) is 1. The molecule has 0 saturated carbocycles. The van der Waals surface area contributed by atoms with Gasteiger partial charge in [-0.05, 0) is 95.6 Å². The van der Waals surface area contributed by atoms with Gasteiger partial charge in [-0.25, -0.2) is 14.8 Å². The molecule has 1 fully saturated rings. The smallest absolute Gasteiger partial charge is 0.336 e. The molecule has 9 rings (SSSR count). The first-order valence-corrected chi connectivity index (χ1v) is 21.6. The van der Waals surface area contributed by atoms with E-state index < -0.39 is 5.97 Å². The van der Waals surface area contributed by atoms with E-state index in [2.05, 4.69) is 54.7 Å². The van der Waals surface area contributed by atoms with E-state index in [1.807, 2.05) is 47.4 Å². The maximum Gasteiger partial charge on any atom is 0.336 e. The minimum Gasteiger partial charge on any atom is -0.478 e. The SMILES string of the molecule is O=C(O)c1ccccc1-c1cnc2c(c1)N(Cc1cc(Cl)ccc1Cl)CCN2.O=C(c1cnc2c(c1)N(Cc1cc(Cl)ccc1Cl)CCN2)N1CCC(c2ccccc2)CC1. The summed E-state index contributed by atoms with van der Waals surface area (Å²) in [6.45, 7) is 5.79. The maximum absolute atomic E-state index is 13.3. The second-order valence-corrected chi connectivity index (χ2v) is 16.9. The molecule has 0 bridgehead atoms. The summed E-state index contributed by atoms with van der Waals surface area (Å²) in [5, 5.41) is 18.8. The number of rotatable bonds is 8. The van der Waals surface area contributed by atoms with Crippen LogP contribution in [0.15, 0.2) is 116 Å². The molecule has 0 aliphatic carbocycles.